The normalized spacial score (nSPS) is 10.4. The van der Waals surface area contributed by atoms with Crippen LogP contribution in [-0.2, 0) is 9.53 Å². The van der Waals surface area contributed by atoms with E-state index in [1.54, 1.807) is 6.92 Å². The highest BCUT2D eigenvalue weighted by Crippen LogP contribution is 2.01. The van der Waals surface area contributed by atoms with Crippen LogP contribution in [0.15, 0.2) is 12.2 Å². The average Bonchev–Trinajstić information content (AvgIpc) is 2.17. The highest BCUT2D eigenvalue weighted by atomic mass is 127. The van der Waals surface area contributed by atoms with Crippen LogP contribution in [0.2, 0.25) is 0 Å². The minimum atomic E-state index is -0.288. The lowest BCUT2D eigenvalue weighted by atomic mass is 10.3. The number of quaternary nitrogens is 1. The van der Waals surface area contributed by atoms with Crippen molar-refractivity contribution in [3.63, 3.8) is 0 Å². The van der Waals surface area contributed by atoms with Crippen molar-refractivity contribution in [3.8, 4) is 0 Å². The van der Waals surface area contributed by atoms with Crippen LogP contribution >= 0.6 is 0 Å². The summed E-state index contributed by atoms with van der Waals surface area (Å²) in [4.78, 5) is 11.1. The zero-order valence-electron chi connectivity index (χ0n) is 10.2. The minimum absolute atomic E-state index is 0. The molecule has 0 aromatic heterocycles. The molecule has 0 aliphatic rings. The van der Waals surface area contributed by atoms with Crippen molar-refractivity contribution >= 4 is 5.97 Å². The fourth-order valence-electron chi connectivity index (χ4n) is 1.02. The van der Waals surface area contributed by atoms with Gasteiger partial charge in [0.15, 0.2) is 0 Å². The number of hydrogen-bond acceptors (Lipinski definition) is 2. The second-order valence-corrected chi connectivity index (χ2v) is 3.89. The first kappa shape index (κ1) is 17.3. The number of ether oxygens (including phenoxy) is 1. The SMILES string of the molecule is C=C(C)C(=O)OCC[N+](C)(CC)CC.[I-]. The molecule has 0 aromatic carbocycles. The van der Waals surface area contributed by atoms with Gasteiger partial charge in [-0.05, 0) is 20.8 Å². The summed E-state index contributed by atoms with van der Waals surface area (Å²) >= 11 is 0. The van der Waals surface area contributed by atoms with E-state index in [-0.39, 0.29) is 29.9 Å². The molecule has 0 fully saturated rings. The Morgan fingerprint density at radius 1 is 1.33 bits per heavy atom. The fourth-order valence-corrected chi connectivity index (χ4v) is 1.02. The van der Waals surface area contributed by atoms with Gasteiger partial charge in [0.2, 0.25) is 0 Å². The van der Waals surface area contributed by atoms with Gasteiger partial charge in [0, 0.05) is 5.57 Å². The molecule has 0 rings (SSSR count). The van der Waals surface area contributed by atoms with Gasteiger partial charge >= 0.3 is 5.97 Å². The Morgan fingerprint density at radius 3 is 2.13 bits per heavy atom. The van der Waals surface area contributed by atoms with Gasteiger partial charge in [-0.15, -0.1) is 0 Å². The van der Waals surface area contributed by atoms with Crippen LogP contribution in [0.5, 0.6) is 0 Å². The van der Waals surface area contributed by atoms with Gasteiger partial charge < -0.3 is 33.2 Å². The molecule has 0 saturated heterocycles. The van der Waals surface area contributed by atoms with Crippen molar-refractivity contribution in [2.75, 3.05) is 33.3 Å². The number of likely N-dealkylation sites (N-methyl/N-ethyl adjacent to an activating group) is 1. The van der Waals surface area contributed by atoms with Crippen LogP contribution < -0.4 is 24.0 Å². The molecule has 0 unspecified atom stereocenters. The van der Waals surface area contributed by atoms with Crippen molar-refractivity contribution < 1.29 is 38.0 Å². The van der Waals surface area contributed by atoms with E-state index in [1.165, 1.54) is 0 Å². The minimum Gasteiger partial charge on any atom is -1.00 e. The summed E-state index contributed by atoms with van der Waals surface area (Å²) in [5.41, 5.74) is 0.465. The van der Waals surface area contributed by atoms with Crippen molar-refractivity contribution in [2.45, 2.75) is 20.8 Å². The Balaban J connectivity index is 0. The Labute approximate surface area is 110 Å². The highest BCUT2D eigenvalue weighted by Gasteiger charge is 2.16. The van der Waals surface area contributed by atoms with Gasteiger partial charge in [-0.25, -0.2) is 4.79 Å². The third-order valence-corrected chi connectivity index (χ3v) is 2.74. The Bertz CT molecular complexity index is 213. The van der Waals surface area contributed by atoms with Crippen molar-refractivity contribution in [2.24, 2.45) is 0 Å². The van der Waals surface area contributed by atoms with E-state index in [0.29, 0.717) is 12.2 Å². The molecule has 0 heterocycles. The predicted molar refractivity (Wildman–Crippen MR) is 57.9 cm³/mol. The van der Waals surface area contributed by atoms with E-state index in [1.807, 2.05) is 0 Å². The molecule has 0 saturated carbocycles. The third kappa shape index (κ3) is 6.89. The van der Waals surface area contributed by atoms with E-state index in [9.17, 15) is 4.79 Å². The number of hydrogen-bond donors (Lipinski definition) is 0. The van der Waals surface area contributed by atoms with Crippen molar-refractivity contribution in [1.82, 2.24) is 0 Å². The second kappa shape index (κ2) is 8.10. The number of esters is 1. The maximum Gasteiger partial charge on any atom is 0.333 e. The zero-order valence-corrected chi connectivity index (χ0v) is 12.3. The molecule has 0 N–H and O–H groups in total. The molecular weight excluding hydrogens is 305 g/mol. The summed E-state index contributed by atoms with van der Waals surface area (Å²) in [6.45, 7) is 12.9. The molecule has 0 spiro atoms. The van der Waals surface area contributed by atoms with Crippen LogP contribution in [0.3, 0.4) is 0 Å². The largest absolute Gasteiger partial charge is 1.00 e. The summed E-state index contributed by atoms with van der Waals surface area (Å²) in [6.07, 6.45) is 0. The molecule has 4 heteroatoms. The lowest BCUT2D eigenvalue weighted by Crippen LogP contribution is -3.00. The highest BCUT2D eigenvalue weighted by molar-refractivity contribution is 5.86. The predicted octanol–water partition coefficient (Wildman–Crippen LogP) is -1.40. The molecule has 0 aliphatic carbocycles. The standard InChI is InChI=1S/C11H22NO2.HI/c1-6-12(5,7-2)8-9-14-11(13)10(3)4;/h3,6-9H2,1-2,4-5H3;1H/q+1;/p-1. The van der Waals surface area contributed by atoms with Gasteiger partial charge in [0.1, 0.15) is 13.2 Å². The molecule has 0 radical (unpaired) electrons. The van der Waals surface area contributed by atoms with Crippen molar-refractivity contribution in [3.05, 3.63) is 12.2 Å². The number of halogens is 1. The van der Waals surface area contributed by atoms with Crippen LogP contribution in [0.25, 0.3) is 0 Å². The molecule has 0 amide bonds. The molecule has 0 atom stereocenters. The lowest BCUT2D eigenvalue weighted by Gasteiger charge is -2.31. The topological polar surface area (TPSA) is 26.3 Å². The molecule has 0 aliphatic heterocycles. The first-order valence-electron chi connectivity index (χ1n) is 5.11. The monoisotopic (exact) mass is 327 g/mol. The quantitative estimate of drug-likeness (QED) is 0.260. The summed E-state index contributed by atoms with van der Waals surface area (Å²) in [7, 11) is 2.16. The molecule has 15 heavy (non-hydrogen) atoms. The van der Waals surface area contributed by atoms with Crippen LogP contribution in [0.4, 0.5) is 0 Å². The van der Waals surface area contributed by atoms with E-state index in [4.69, 9.17) is 4.74 Å². The van der Waals surface area contributed by atoms with Crippen molar-refractivity contribution in [1.29, 1.82) is 0 Å². The molecule has 0 aromatic rings. The fraction of sp³-hybridized carbons (Fsp3) is 0.727. The summed E-state index contributed by atoms with van der Waals surface area (Å²) in [6, 6.07) is 0. The summed E-state index contributed by atoms with van der Waals surface area (Å²) in [5, 5.41) is 0. The van der Waals surface area contributed by atoms with E-state index in [0.717, 1.165) is 24.1 Å². The lowest BCUT2D eigenvalue weighted by molar-refractivity contribution is -0.906. The van der Waals surface area contributed by atoms with Crippen LogP contribution in [0, 0.1) is 0 Å². The van der Waals surface area contributed by atoms with Gasteiger partial charge in [-0.2, -0.15) is 0 Å². The number of nitrogens with zero attached hydrogens (tertiary/aromatic N) is 1. The van der Waals surface area contributed by atoms with E-state index >= 15 is 0 Å². The third-order valence-electron chi connectivity index (χ3n) is 2.74. The van der Waals surface area contributed by atoms with Gasteiger partial charge in [0.05, 0.1) is 20.1 Å². The Kier molecular flexibility index (Phi) is 9.34. The van der Waals surface area contributed by atoms with Gasteiger partial charge in [-0.1, -0.05) is 6.58 Å². The summed E-state index contributed by atoms with van der Waals surface area (Å²) < 4.78 is 5.98. The smallest absolute Gasteiger partial charge is 0.333 e. The number of rotatable bonds is 6. The van der Waals surface area contributed by atoms with E-state index in [2.05, 4.69) is 27.5 Å². The first-order valence-corrected chi connectivity index (χ1v) is 5.11. The Morgan fingerprint density at radius 2 is 1.80 bits per heavy atom. The molecule has 90 valence electrons. The van der Waals surface area contributed by atoms with Crippen LogP contribution in [0.1, 0.15) is 20.8 Å². The molecule has 3 nitrogen and oxygen atoms in total. The van der Waals surface area contributed by atoms with E-state index < -0.39 is 0 Å². The second-order valence-electron chi connectivity index (χ2n) is 3.89. The number of carbonyl (C=O) groups excluding carboxylic acids is 1. The molecule has 0 bridgehead atoms. The first-order chi connectivity index (χ1) is 6.45. The summed E-state index contributed by atoms with van der Waals surface area (Å²) in [5.74, 6) is -0.288. The number of carbonyl (C=O) groups is 1. The van der Waals surface area contributed by atoms with Gasteiger partial charge in [-0.3, -0.25) is 0 Å². The average molecular weight is 327 g/mol. The maximum absolute atomic E-state index is 11.1. The molecular formula is C11H22INO2. The maximum atomic E-state index is 11.1. The van der Waals surface area contributed by atoms with Crippen LogP contribution in [-0.4, -0.2) is 43.7 Å². The Hall–Kier alpha value is -0.100. The zero-order chi connectivity index (χ0) is 11.2. The van der Waals surface area contributed by atoms with Gasteiger partial charge in [0.25, 0.3) is 0 Å².